The number of carbonyl (C=O) groups excluding carboxylic acids is 1. The lowest BCUT2D eigenvalue weighted by atomic mass is 9.73. The van der Waals surface area contributed by atoms with Gasteiger partial charge in [-0.25, -0.2) is 4.39 Å². The minimum atomic E-state index is -0.695. The SMILES string of the molecule is Cc1ccc(/C(O)=C2\C(=N)N(c3ccc(C)c(Cl)c3)C3=C(C(=O)CCC3)C2c2ccc(F)cc2)cc1. The molecule has 0 saturated heterocycles. The maximum Gasteiger partial charge on any atom is 0.161 e. The lowest BCUT2D eigenvalue weighted by Crippen LogP contribution is -2.42. The standard InChI is InChI=1S/C30H26ClFN2O2/c1-17-6-9-20(10-7-17)29(36)28-26(19-11-13-21(32)14-12-19)27-24(4-3-5-25(27)35)34(30(28)33)22-15-8-18(2)23(31)16-22/h6-16,26,33,36H,3-5H2,1-2H3/b29-28+,33-30?. The number of hydrogen-bond donors (Lipinski definition) is 2. The van der Waals surface area contributed by atoms with Gasteiger partial charge in [-0.15, -0.1) is 0 Å². The number of anilines is 1. The van der Waals surface area contributed by atoms with Crippen LogP contribution in [0, 0.1) is 25.1 Å². The van der Waals surface area contributed by atoms with Crippen LogP contribution in [-0.4, -0.2) is 16.7 Å². The summed E-state index contributed by atoms with van der Waals surface area (Å²) in [5.41, 5.74) is 5.36. The Hall–Kier alpha value is -3.70. The van der Waals surface area contributed by atoms with Crippen molar-refractivity contribution in [1.29, 1.82) is 5.41 Å². The summed E-state index contributed by atoms with van der Waals surface area (Å²) in [7, 11) is 0. The lowest BCUT2D eigenvalue weighted by molar-refractivity contribution is -0.116. The number of ketones is 1. The molecule has 5 rings (SSSR count). The van der Waals surface area contributed by atoms with E-state index < -0.39 is 11.7 Å². The Morgan fingerprint density at radius 1 is 1.03 bits per heavy atom. The summed E-state index contributed by atoms with van der Waals surface area (Å²) < 4.78 is 13.8. The lowest BCUT2D eigenvalue weighted by Gasteiger charge is -2.42. The molecule has 0 bridgehead atoms. The summed E-state index contributed by atoms with van der Waals surface area (Å²) in [5.74, 6) is -1.13. The molecule has 0 radical (unpaired) electrons. The number of halogens is 2. The maximum atomic E-state index is 13.8. The van der Waals surface area contributed by atoms with Gasteiger partial charge in [-0.05, 0) is 62.1 Å². The number of nitrogens with zero attached hydrogens (tertiary/aromatic N) is 1. The number of carbonyl (C=O) groups is 1. The molecule has 0 fully saturated rings. The van der Waals surface area contributed by atoms with E-state index in [1.165, 1.54) is 12.1 Å². The van der Waals surface area contributed by atoms with E-state index in [-0.39, 0.29) is 17.4 Å². The number of amidine groups is 1. The second-order valence-corrected chi connectivity index (χ2v) is 9.77. The van der Waals surface area contributed by atoms with Gasteiger partial charge in [0, 0.05) is 45.5 Å². The number of aryl methyl sites for hydroxylation is 2. The molecule has 1 unspecified atom stereocenters. The molecule has 1 aliphatic carbocycles. The normalized spacial score (nSPS) is 19.4. The molecule has 0 spiro atoms. The summed E-state index contributed by atoms with van der Waals surface area (Å²) >= 11 is 6.46. The summed E-state index contributed by atoms with van der Waals surface area (Å²) in [4.78, 5) is 15.2. The third-order valence-corrected chi connectivity index (χ3v) is 7.36. The summed E-state index contributed by atoms with van der Waals surface area (Å²) in [6, 6.07) is 18.9. The number of Topliss-reactive ketones (excluding diaryl/α,β-unsaturated/α-hetero) is 1. The van der Waals surface area contributed by atoms with Crippen molar-refractivity contribution in [3.63, 3.8) is 0 Å². The van der Waals surface area contributed by atoms with Gasteiger partial charge in [0.15, 0.2) is 5.78 Å². The first-order valence-corrected chi connectivity index (χ1v) is 12.3. The second kappa shape index (κ2) is 9.40. The maximum absolute atomic E-state index is 13.8. The van der Waals surface area contributed by atoms with Gasteiger partial charge in [0.05, 0.1) is 0 Å². The minimum Gasteiger partial charge on any atom is -0.507 e. The Kier molecular flexibility index (Phi) is 6.27. The fourth-order valence-electron chi connectivity index (χ4n) is 5.05. The van der Waals surface area contributed by atoms with Gasteiger partial charge < -0.3 is 5.11 Å². The molecule has 0 aromatic heterocycles. The van der Waals surface area contributed by atoms with E-state index in [0.717, 1.165) is 16.8 Å². The summed E-state index contributed by atoms with van der Waals surface area (Å²) in [5, 5.41) is 21.5. The summed E-state index contributed by atoms with van der Waals surface area (Å²) in [6.07, 6.45) is 1.65. The zero-order valence-electron chi connectivity index (χ0n) is 20.1. The van der Waals surface area contributed by atoms with Gasteiger partial charge in [-0.2, -0.15) is 0 Å². The van der Waals surface area contributed by atoms with Crippen molar-refractivity contribution in [2.75, 3.05) is 4.90 Å². The van der Waals surface area contributed by atoms with Crippen molar-refractivity contribution in [2.24, 2.45) is 0 Å². The second-order valence-electron chi connectivity index (χ2n) is 9.37. The highest BCUT2D eigenvalue weighted by atomic mass is 35.5. The number of hydrogen-bond acceptors (Lipinski definition) is 3. The van der Waals surface area contributed by atoms with Crippen molar-refractivity contribution in [1.82, 2.24) is 0 Å². The first-order valence-electron chi connectivity index (χ1n) is 11.9. The molecule has 1 atom stereocenters. The molecule has 1 heterocycles. The quantitative estimate of drug-likeness (QED) is 0.363. The van der Waals surface area contributed by atoms with Crippen molar-refractivity contribution in [3.8, 4) is 0 Å². The van der Waals surface area contributed by atoms with Crippen LogP contribution in [0.4, 0.5) is 10.1 Å². The Bertz CT molecular complexity index is 1440. The van der Waals surface area contributed by atoms with E-state index in [1.807, 2.05) is 38.1 Å². The third kappa shape index (κ3) is 4.14. The number of rotatable bonds is 3. The highest BCUT2D eigenvalue weighted by molar-refractivity contribution is 6.32. The molecule has 3 aromatic carbocycles. The van der Waals surface area contributed by atoms with Crippen molar-refractivity contribution in [2.45, 2.75) is 39.0 Å². The van der Waals surface area contributed by atoms with Crippen LogP contribution in [0.3, 0.4) is 0 Å². The van der Waals surface area contributed by atoms with Crippen molar-refractivity contribution in [3.05, 3.63) is 117 Å². The monoisotopic (exact) mass is 500 g/mol. The first kappa shape index (κ1) is 24.0. The average Bonchev–Trinajstić information content (AvgIpc) is 2.86. The zero-order valence-corrected chi connectivity index (χ0v) is 20.9. The van der Waals surface area contributed by atoms with Crippen LogP contribution in [0.1, 0.15) is 47.4 Å². The van der Waals surface area contributed by atoms with Gasteiger partial charge >= 0.3 is 0 Å². The van der Waals surface area contributed by atoms with Gasteiger partial charge in [0.1, 0.15) is 17.4 Å². The molecule has 6 heteroatoms. The van der Waals surface area contributed by atoms with Gasteiger partial charge in [0.25, 0.3) is 0 Å². The first-order chi connectivity index (χ1) is 17.3. The summed E-state index contributed by atoms with van der Waals surface area (Å²) in [6.45, 7) is 3.86. The van der Waals surface area contributed by atoms with E-state index in [9.17, 15) is 19.7 Å². The Balaban J connectivity index is 1.82. The van der Waals surface area contributed by atoms with Crippen LogP contribution in [0.2, 0.25) is 5.02 Å². The van der Waals surface area contributed by atoms with Crippen LogP contribution in [0.25, 0.3) is 5.76 Å². The molecule has 4 nitrogen and oxygen atoms in total. The Morgan fingerprint density at radius 3 is 2.39 bits per heavy atom. The molecular formula is C30H26ClFN2O2. The van der Waals surface area contributed by atoms with Crippen molar-refractivity contribution >= 4 is 34.7 Å². The number of aliphatic hydroxyl groups is 1. The highest BCUT2D eigenvalue weighted by Crippen LogP contribution is 2.48. The molecular weight excluding hydrogens is 475 g/mol. The van der Waals surface area contributed by atoms with Crippen LogP contribution in [0.5, 0.6) is 0 Å². The molecule has 182 valence electrons. The van der Waals surface area contributed by atoms with Crippen molar-refractivity contribution < 1.29 is 14.3 Å². The predicted octanol–water partition coefficient (Wildman–Crippen LogP) is 7.65. The van der Waals surface area contributed by atoms with E-state index in [4.69, 9.17) is 11.6 Å². The largest absolute Gasteiger partial charge is 0.507 e. The molecule has 2 N–H and O–H groups in total. The molecule has 1 aliphatic heterocycles. The number of aliphatic hydroxyl groups excluding tert-OH is 1. The molecule has 0 saturated carbocycles. The number of benzene rings is 3. The topological polar surface area (TPSA) is 64.4 Å². The van der Waals surface area contributed by atoms with Gasteiger partial charge in [0.2, 0.25) is 0 Å². The number of nitrogens with one attached hydrogen (secondary N) is 1. The third-order valence-electron chi connectivity index (χ3n) is 6.95. The van der Waals surface area contributed by atoms with Crippen LogP contribution < -0.4 is 4.90 Å². The zero-order chi connectivity index (χ0) is 25.6. The van der Waals surface area contributed by atoms with Crippen LogP contribution in [0.15, 0.2) is 83.6 Å². The van der Waals surface area contributed by atoms with Gasteiger partial charge in [-0.3, -0.25) is 15.1 Å². The highest BCUT2D eigenvalue weighted by Gasteiger charge is 2.43. The Labute approximate surface area is 214 Å². The molecule has 36 heavy (non-hydrogen) atoms. The van der Waals surface area contributed by atoms with E-state index in [2.05, 4.69) is 0 Å². The van der Waals surface area contributed by atoms with E-state index in [0.29, 0.717) is 52.2 Å². The fourth-order valence-corrected chi connectivity index (χ4v) is 5.23. The minimum absolute atomic E-state index is 0.0320. The smallest absolute Gasteiger partial charge is 0.161 e. The number of allylic oxidation sites excluding steroid dienone is 2. The molecule has 0 amide bonds. The Morgan fingerprint density at radius 2 is 1.72 bits per heavy atom. The molecule has 2 aliphatic rings. The van der Waals surface area contributed by atoms with Crippen LogP contribution in [-0.2, 0) is 4.79 Å². The van der Waals surface area contributed by atoms with E-state index >= 15 is 0 Å². The van der Waals surface area contributed by atoms with Gasteiger partial charge in [-0.1, -0.05) is 59.6 Å². The fraction of sp³-hybridized carbons (Fsp3) is 0.200. The molecule has 3 aromatic rings. The van der Waals surface area contributed by atoms with Crippen LogP contribution >= 0.6 is 11.6 Å². The predicted molar refractivity (Wildman–Crippen MR) is 142 cm³/mol. The van der Waals surface area contributed by atoms with E-state index in [1.54, 1.807) is 35.2 Å². The average molecular weight is 501 g/mol.